The van der Waals surface area contributed by atoms with Gasteiger partial charge >= 0.3 is 18.2 Å². The maximum Gasteiger partial charge on any atom is 0.409 e. The number of piperidine rings is 1. The summed E-state index contributed by atoms with van der Waals surface area (Å²) in [5.74, 6) is -0.464. The summed E-state index contributed by atoms with van der Waals surface area (Å²) in [5.41, 5.74) is -0.613. The number of carbonyl (C=O) groups is 3. The number of hydrogen-bond acceptors (Lipinski definition) is 7. The molecule has 9 nitrogen and oxygen atoms in total. The first kappa shape index (κ1) is 22.0. The number of methoxy groups -OCH3 is 1. The molecule has 0 aliphatic carbocycles. The van der Waals surface area contributed by atoms with Crippen LogP contribution in [0.2, 0.25) is 0 Å². The standard InChI is InChI=1S/C17H31N3O6/c1-6-25-16(23)20-9-7-12(8-10-20)19-13(14(21)24-5)11-18-15(22)26-17(2,3)4/h12-13,19H,6-11H2,1-5H3,(H,18,22). The third-order valence-electron chi connectivity index (χ3n) is 3.79. The number of esters is 1. The molecule has 26 heavy (non-hydrogen) atoms. The lowest BCUT2D eigenvalue weighted by Crippen LogP contribution is -2.54. The van der Waals surface area contributed by atoms with Gasteiger partial charge in [0.1, 0.15) is 11.6 Å². The van der Waals surface area contributed by atoms with Gasteiger partial charge in [-0.3, -0.25) is 10.1 Å². The zero-order chi connectivity index (χ0) is 19.7. The first-order chi connectivity index (χ1) is 12.2. The normalized spacial score (nSPS) is 16.6. The molecule has 1 saturated heterocycles. The highest BCUT2D eigenvalue weighted by Crippen LogP contribution is 2.12. The molecule has 1 aliphatic heterocycles. The molecule has 9 heteroatoms. The van der Waals surface area contributed by atoms with E-state index in [0.717, 1.165) is 0 Å². The topological polar surface area (TPSA) is 106 Å². The zero-order valence-electron chi connectivity index (χ0n) is 16.3. The Labute approximate surface area is 154 Å². The van der Waals surface area contributed by atoms with E-state index in [9.17, 15) is 14.4 Å². The fourth-order valence-electron chi connectivity index (χ4n) is 2.58. The van der Waals surface area contributed by atoms with Gasteiger partial charge < -0.3 is 24.4 Å². The lowest BCUT2D eigenvalue weighted by molar-refractivity contribution is -0.143. The van der Waals surface area contributed by atoms with Gasteiger partial charge in [0.05, 0.1) is 13.7 Å². The van der Waals surface area contributed by atoms with E-state index in [1.54, 1.807) is 32.6 Å². The summed E-state index contributed by atoms with van der Waals surface area (Å²) in [7, 11) is 1.30. The number of ether oxygens (including phenoxy) is 3. The molecule has 0 radical (unpaired) electrons. The van der Waals surface area contributed by atoms with Crippen LogP contribution in [-0.4, -0.2) is 74.1 Å². The fraction of sp³-hybridized carbons (Fsp3) is 0.824. The van der Waals surface area contributed by atoms with Gasteiger partial charge in [-0.1, -0.05) is 0 Å². The van der Waals surface area contributed by atoms with Crippen molar-refractivity contribution in [3.8, 4) is 0 Å². The first-order valence-electron chi connectivity index (χ1n) is 8.88. The Balaban J connectivity index is 2.49. The molecule has 0 saturated carbocycles. The van der Waals surface area contributed by atoms with Crippen LogP contribution >= 0.6 is 0 Å². The van der Waals surface area contributed by atoms with Gasteiger partial charge in [0.15, 0.2) is 0 Å². The minimum absolute atomic E-state index is 0.0326. The Bertz CT molecular complexity index is 483. The van der Waals surface area contributed by atoms with Gasteiger partial charge in [0.2, 0.25) is 0 Å². The van der Waals surface area contributed by atoms with Crippen molar-refractivity contribution in [1.29, 1.82) is 0 Å². The number of amides is 2. The summed E-state index contributed by atoms with van der Waals surface area (Å²) in [6.07, 6.45) is 0.449. The Morgan fingerprint density at radius 2 is 1.81 bits per heavy atom. The third-order valence-corrected chi connectivity index (χ3v) is 3.79. The highest BCUT2D eigenvalue weighted by atomic mass is 16.6. The molecule has 0 spiro atoms. The van der Waals surface area contributed by atoms with E-state index >= 15 is 0 Å². The third kappa shape index (κ3) is 7.90. The predicted octanol–water partition coefficient (Wildman–Crippen LogP) is 1.26. The van der Waals surface area contributed by atoms with Gasteiger partial charge in [-0.05, 0) is 40.5 Å². The van der Waals surface area contributed by atoms with Crippen LogP contribution in [0.3, 0.4) is 0 Å². The molecule has 0 aromatic heterocycles. The molecule has 0 aromatic carbocycles. The molecule has 1 atom stereocenters. The molecule has 1 fully saturated rings. The van der Waals surface area contributed by atoms with Gasteiger partial charge in [-0.25, -0.2) is 9.59 Å². The van der Waals surface area contributed by atoms with Crippen LogP contribution in [0.25, 0.3) is 0 Å². The van der Waals surface area contributed by atoms with E-state index in [1.807, 2.05) is 0 Å². The first-order valence-corrected chi connectivity index (χ1v) is 8.88. The molecule has 0 bridgehead atoms. The molecular formula is C17H31N3O6. The van der Waals surface area contributed by atoms with E-state index in [-0.39, 0.29) is 18.7 Å². The van der Waals surface area contributed by atoms with Crippen molar-refractivity contribution < 1.29 is 28.6 Å². The fourth-order valence-corrected chi connectivity index (χ4v) is 2.58. The van der Waals surface area contributed by atoms with Crippen molar-refractivity contribution in [3.63, 3.8) is 0 Å². The summed E-state index contributed by atoms with van der Waals surface area (Å²) in [6, 6.07) is -0.656. The largest absolute Gasteiger partial charge is 0.468 e. The van der Waals surface area contributed by atoms with Crippen LogP contribution in [0, 0.1) is 0 Å². The predicted molar refractivity (Wildman–Crippen MR) is 94.8 cm³/mol. The van der Waals surface area contributed by atoms with Crippen molar-refractivity contribution >= 4 is 18.2 Å². The SMILES string of the molecule is CCOC(=O)N1CCC(NC(CNC(=O)OC(C)(C)C)C(=O)OC)CC1. The Hall–Kier alpha value is -2.03. The monoisotopic (exact) mass is 373 g/mol. The molecule has 2 N–H and O–H groups in total. The zero-order valence-corrected chi connectivity index (χ0v) is 16.3. The van der Waals surface area contributed by atoms with E-state index in [1.165, 1.54) is 7.11 Å². The van der Waals surface area contributed by atoms with Crippen LogP contribution in [0.5, 0.6) is 0 Å². The van der Waals surface area contributed by atoms with Crippen molar-refractivity contribution in [2.45, 2.75) is 58.2 Å². The minimum Gasteiger partial charge on any atom is -0.468 e. The Morgan fingerprint density at radius 3 is 2.31 bits per heavy atom. The average Bonchev–Trinajstić information content (AvgIpc) is 2.57. The van der Waals surface area contributed by atoms with Crippen molar-refractivity contribution in [1.82, 2.24) is 15.5 Å². The molecule has 0 aromatic rings. The summed E-state index contributed by atoms with van der Waals surface area (Å²) in [6.45, 7) is 8.55. The summed E-state index contributed by atoms with van der Waals surface area (Å²) >= 11 is 0. The van der Waals surface area contributed by atoms with Crippen molar-refractivity contribution in [2.75, 3.05) is 33.4 Å². The summed E-state index contributed by atoms with van der Waals surface area (Å²) in [5, 5.41) is 5.77. The number of nitrogens with zero attached hydrogens (tertiary/aromatic N) is 1. The average molecular weight is 373 g/mol. The Kier molecular flexibility index (Phi) is 8.64. The van der Waals surface area contributed by atoms with E-state index in [4.69, 9.17) is 14.2 Å². The van der Waals surface area contributed by atoms with E-state index in [2.05, 4.69) is 10.6 Å². The molecule has 150 valence electrons. The van der Waals surface area contributed by atoms with Crippen LogP contribution in [0.1, 0.15) is 40.5 Å². The minimum atomic E-state index is -0.688. The van der Waals surface area contributed by atoms with Gasteiger partial charge in [0.25, 0.3) is 0 Å². The van der Waals surface area contributed by atoms with Crippen LogP contribution in [0.4, 0.5) is 9.59 Å². The van der Waals surface area contributed by atoms with E-state index < -0.39 is 23.7 Å². The second-order valence-corrected chi connectivity index (χ2v) is 7.09. The number of hydrogen-bond donors (Lipinski definition) is 2. The molecule has 1 rings (SSSR count). The lowest BCUT2D eigenvalue weighted by atomic mass is 10.0. The van der Waals surface area contributed by atoms with Crippen molar-refractivity contribution in [2.24, 2.45) is 0 Å². The quantitative estimate of drug-likeness (QED) is 0.533. The smallest absolute Gasteiger partial charge is 0.409 e. The number of rotatable bonds is 6. The van der Waals surface area contributed by atoms with E-state index in [0.29, 0.717) is 32.5 Å². The molecule has 1 aliphatic rings. The molecule has 2 amide bonds. The molecule has 1 heterocycles. The number of likely N-dealkylation sites (tertiary alicyclic amines) is 1. The number of alkyl carbamates (subject to hydrolysis) is 1. The van der Waals surface area contributed by atoms with Crippen LogP contribution < -0.4 is 10.6 Å². The number of carbonyl (C=O) groups excluding carboxylic acids is 3. The maximum atomic E-state index is 12.0. The van der Waals surface area contributed by atoms with Crippen molar-refractivity contribution in [3.05, 3.63) is 0 Å². The van der Waals surface area contributed by atoms with Gasteiger partial charge in [-0.15, -0.1) is 0 Å². The maximum absolute atomic E-state index is 12.0. The second-order valence-electron chi connectivity index (χ2n) is 7.09. The van der Waals surface area contributed by atoms with Crippen LogP contribution in [-0.2, 0) is 19.0 Å². The lowest BCUT2D eigenvalue weighted by Gasteiger charge is -2.33. The summed E-state index contributed by atoms with van der Waals surface area (Å²) < 4.78 is 15.0. The molecular weight excluding hydrogens is 342 g/mol. The number of nitrogens with one attached hydrogen (secondary N) is 2. The second kappa shape index (κ2) is 10.2. The van der Waals surface area contributed by atoms with Gasteiger partial charge in [0, 0.05) is 25.7 Å². The molecule has 1 unspecified atom stereocenters. The highest BCUT2D eigenvalue weighted by Gasteiger charge is 2.28. The highest BCUT2D eigenvalue weighted by molar-refractivity contribution is 5.77. The Morgan fingerprint density at radius 1 is 1.19 bits per heavy atom. The van der Waals surface area contributed by atoms with Gasteiger partial charge in [-0.2, -0.15) is 0 Å². The summed E-state index contributed by atoms with van der Waals surface area (Å²) in [4.78, 5) is 37.1. The van der Waals surface area contributed by atoms with Crippen LogP contribution in [0.15, 0.2) is 0 Å².